The SMILES string of the molecule is O=C(CC[C@@H]1C[C@@H](Oc2cccc(F)c2)CN1c1cc(C(F)(F)F)c(=O)[nH]n1)N1CCN(c2ncc(C(F)(F)F)cn2)CC1. The van der Waals surface area contributed by atoms with Crippen molar-refractivity contribution in [3.05, 3.63) is 70.0 Å². The number of anilines is 2. The number of nitrogens with zero attached hydrogens (tertiary/aromatic N) is 6. The third-order valence-corrected chi connectivity index (χ3v) is 7.44. The average molecular weight is 630 g/mol. The number of hydrogen-bond donors (Lipinski definition) is 1. The number of aromatic amines is 1. The topological polar surface area (TPSA) is 108 Å². The van der Waals surface area contributed by atoms with Crippen LogP contribution >= 0.6 is 0 Å². The van der Waals surface area contributed by atoms with Crippen LogP contribution < -0.4 is 20.1 Å². The van der Waals surface area contributed by atoms with E-state index in [0.29, 0.717) is 18.5 Å². The Morgan fingerprint density at radius 1 is 1.00 bits per heavy atom. The fourth-order valence-electron chi connectivity index (χ4n) is 5.23. The zero-order valence-electron chi connectivity index (χ0n) is 22.9. The number of aromatic nitrogens is 4. The minimum Gasteiger partial charge on any atom is -0.488 e. The highest BCUT2D eigenvalue weighted by molar-refractivity contribution is 5.76. The number of halogens is 7. The molecule has 2 saturated heterocycles. The highest BCUT2D eigenvalue weighted by Gasteiger charge is 2.39. The van der Waals surface area contributed by atoms with Gasteiger partial charge in [0.1, 0.15) is 29.1 Å². The standard InChI is InChI=1S/C27H26F7N7O3/c28-17-2-1-3-19(10-17)44-20-11-18(41(15-20)22-12-21(27(32,33)34)24(43)38-37-22)4-5-23(42)39-6-8-40(9-7-39)25-35-13-16(14-36-25)26(29,30)31/h1-3,10,12-14,18,20H,4-9,11,15H2,(H,38,43)/t18-,20-/m1/s1. The second kappa shape index (κ2) is 12.3. The maximum atomic E-state index is 13.7. The van der Waals surface area contributed by atoms with Gasteiger partial charge in [0.25, 0.3) is 5.56 Å². The van der Waals surface area contributed by atoms with Crippen LogP contribution in [0.1, 0.15) is 30.4 Å². The van der Waals surface area contributed by atoms with E-state index in [4.69, 9.17) is 4.74 Å². The van der Waals surface area contributed by atoms with Gasteiger partial charge in [-0.25, -0.2) is 19.5 Å². The van der Waals surface area contributed by atoms with E-state index in [2.05, 4.69) is 15.1 Å². The van der Waals surface area contributed by atoms with Gasteiger partial charge >= 0.3 is 12.4 Å². The third kappa shape index (κ3) is 7.19. The van der Waals surface area contributed by atoms with Crippen molar-refractivity contribution >= 4 is 17.7 Å². The Balaban J connectivity index is 1.24. The molecule has 0 aliphatic carbocycles. The number of alkyl halides is 6. The number of carbonyl (C=O) groups is 1. The Morgan fingerprint density at radius 3 is 2.34 bits per heavy atom. The Morgan fingerprint density at radius 2 is 1.70 bits per heavy atom. The van der Waals surface area contributed by atoms with Gasteiger partial charge in [0.15, 0.2) is 0 Å². The molecular formula is C27H26F7N7O3. The molecule has 0 saturated carbocycles. The van der Waals surface area contributed by atoms with Crippen molar-refractivity contribution in [3.8, 4) is 5.75 Å². The Hall–Kier alpha value is -4.44. The molecule has 0 bridgehead atoms. The molecule has 3 aromatic rings. The molecule has 2 aromatic heterocycles. The minimum atomic E-state index is -4.92. The normalized spacial score (nSPS) is 19.4. The summed E-state index contributed by atoms with van der Waals surface area (Å²) in [7, 11) is 0. The van der Waals surface area contributed by atoms with Crippen LogP contribution in [-0.4, -0.2) is 75.8 Å². The molecule has 2 atom stereocenters. The average Bonchev–Trinajstić information content (AvgIpc) is 3.37. The number of benzene rings is 1. The summed E-state index contributed by atoms with van der Waals surface area (Å²) in [5.41, 5.74) is -3.77. The molecule has 0 radical (unpaired) electrons. The van der Waals surface area contributed by atoms with Gasteiger partial charge in [-0.2, -0.15) is 31.4 Å². The van der Waals surface area contributed by atoms with E-state index in [-0.39, 0.29) is 75.4 Å². The molecule has 236 valence electrons. The van der Waals surface area contributed by atoms with Gasteiger partial charge in [0, 0.05) is 69.6 Å². The highest BCUT2D eigenvalue weighted by atomic mass is 19.4. The van der Waals surface area contributed by atoms with Crippen LogP contribution in [0.25, 0.3) is 0 Å². The first-order valence-electron chi connectivity index (χ1n) is 13.6. The molecule has 17 heteroatoms. The molecule has 1 N–H and O–H groups in total. The van der Waals surface area contributed by atoms with Crippen LogP contribution in [0.15, 0.2) is 47.5 Å². The van der Waals surface area contributed by atoms with Crippen LogP contribution in [0, 0.1) is 5.82 Å². The van der Waals surface area contributed by atoms with E-state index in [9.17, 15) is 40.3 Å². The van der Waals surface area contributed by atoms with Gasteiger partial charge in [0.2, 0.25) is 11.9 Å². The van der Waals surface area contributed by atoms with Crippen LogP contribution in [0.4, 0.5) is 42.5 Å². The summed E-state index contributed by atoms with van der Waals surface area (Å²) in [4.78, 5) is 37.2. The first kappa shape index (κ1) is 31.0. The maximum absolute atomic E-state index is 13.7. The number of amides is 1. The summed E-state index contributed by atoms with van der Waals surface area (Å²) in [6, 6.07) is 5.56. The summed E-state index contributed by atoms with van der Waals surface area (Å²) in [6.07, 6.45) is -8.12. The summed E-state index contributed by atoms with van der Waals surface area (Å²) in [5, 5.41) is 5.70. The number of hydrogen-bond acceptors (Lipinski definition) is 8. The Labute approximate surface area is 245 Å². The molecule has 44 heavy (non-hydrogen) atoms. The zero-order chi connectivity index (χ0) is 31.6. The number of rotatable bonds is 7. The van der Waals surface area contributed by atoms with Crippen LogP contribution in [0.2, 0.25) is 0 Å². The summed E-state index contributed by atoms with van der Waals surface area (Å²) >= 11 is 0. The molecule has 1 aromatic carbocycles. The first-order valence-corrected chi connectivity index (χ1v) is 13.6. The lowest BCUT2D eigenvalue weighted by molar-refractivity contribution is -0.139. The predicted molar refractivity (Wildman–Crippen MR) is 141 cm³/mol. The van der Waals surface area contributed by atoms with Crippen molar-refractivity contribution in [2.75, 3.05) is 42.5 Å². The van der Waals surface area contributed by atoms with E-state index in [1.54, 1.807) is 15.9 Å². The molecule has 2 aliphatic heterocycles. The molecule has 10 nitrogen and oxygen atoms in total. The zero-order valence-corrected chi connectivity index (χ0v) is 22.9. The van der Waals surface area contributed by atoms with E-state index in [1.807, 2.05) is 5.10 Å². The van der Waals surface area contributed by atoms with E-state index in [1.165, 1.54) is 23.1 Å². The lowest BCUT2D eigenvalue weighted by Gasteiger charge is -2.35. The molecule has 1 amide bonds. The first-order chi connectivity index (χ1) is 20.8. The molecule has 0 unspecified atom stereocenters. The van der Waals surface area contributed by atoms with Crippen molar-refractivity contribution < 1.29 is 40.3 Å². The van der Waals surface area contributed by atoms with Gasteiger partial charge in [-0.3, -0.25) is 9.59 Å². The molecule has 2 aliphatic rings. The van der Waals surface area contributed by atoms with E-state index >= 15 is 0 Å². The van der Waals surface area contributed by atoms with Crippen LogP contribution in [-0.2, 0) is 17.1 Å². The van der Waals surface area contributed by atoms with Gasteiger partial charge in [-0.1, -0.05) is 6.07 Å². The second-order valence-electron chi connectivity index (χ2n) is 10.4. The van der Waals surface area contributed by atoms with Gasteiger partial charge in [0.05, 0.1) is 12.1 Å². The van der Waals surface area contributed by atoms with E-state index < -0.39 is 47.0 Å². The number of ether oxygens (including phenoxy) is 1. The highest BCUT2D eigenvalue weighted by Crippen LogP contribution is 2.33. The van der Waals surface area contributed by atoms with Gasteiger partial charge in [-0.15, -0.1) is 0 Å². The fourth-order valence-corrected chi connectivity index (χ4v) is 5.23. The van der Waals surface area contributed by atoms with Gasteiger partial charge < -0.3 is 19.4 Å². The Bertz CT molecular complexity index is 1520. The number of H-pyrrole nitrogens is 1. The number of carbonyl (C=O) groups excluding carboxylic acids is 1. The fraction of sp³-hybridized carbons (Fsp3) is 0.444. The molecule has 0 spiro atoms. The quantitative estimate of drug-likeness (QED) is 0.393. The Kier molecular flexibility index (Phi) is 8.65. The van der Waals surface area contributed by atoms with Crippen molar-refractivity contribution in [1.82, 2.24) is 25.1 Å². The summed E-state index contributed by atoms with van der Waals surface area (Å²) < 4.78 is 98.3. The second-order valence-corrected chi connectivity index (χ2v) is 10.4. The van der Waals surface area contributed by atoms with Gasteiger partial charge in [-0.05, 0) is 18.6 Å². The number of piperazine rings is 1. The monoisotopic (exact) mass is 629 g/mol. The lowest BCUT2D eigenvalue weighted by atomic mass is 10.1. The molecular weight excluding hydrogens is 603 g/mol. The minimum absolute atomic E-state index is 0.0279. The largest absolute Gasteiger partial charge is 0.488 e. The van der Waals surface area contributed by atoms with Crippen LogP contribution in [0.3, 0.4) is 0 Å². The molecule has 5 rings (SSSR count). The van der Waals surface area contributed by atoms with Crippen molar-refractivity contribution in [2.24, 2.45) is 0 Å². The molecule has 4 heterocycles. The smallest absolute Gasteiger partial charge is 0.421 e. The van der Waals surface area contributed by atoms with Crippen molar-refractivity contribution in [3.63, 3.8) is 0 Å². The van der Waals surface area contributed by atoms with E-state index in [0.717, 1.165) is 0 Å². The van der Waals surface area contributed by atoms with Crippen molar-refractivity contribution in [1.29, 1.82) is 0 Å². The van der Waals surface area contributed by atoms with Crippen molar-refractivity contribution in [2.45, 2.75) is 43.8 Å². The lowest BCUT2D eigenvalue weighted by Crippen LogP contribution is -2.49. The number of nitrogens with one attached hydrogen (secondary N) is 1. The maximum Gasteiger partial charge on any atom is 0.421 e. The summed E-state index contributed by atoms with van der Waals surface area (Å²) in [6.45, 7) is 1.17. The summed E-state index contributed by atoms with van der Waals surface area (Å²) in [5.74, 6) is -0.557. The van der Waals surface area contributed by atoms with Crippen LogP contribution in [0.5, 0.6) is 5.75 Å². The third-order valence-electron chi connectivity index (χ3n) is 7.44. The predicted octanol–water partition coefficient (Wildman–Crippen LogP) is 3.89. The molecule has 2 fully saturated rings.